The summed E-state index contributed by atoms with van der Waals surface area (Å²) >= 11 is 0. The molecule has 0 bridgehead atoms. The summed E-state index contributed by atoms with van der Waals surface area (Å²) in [6.45, 7) is 1.21. The topological polar surface area (TPSA) is 38.1 Å². The zero-order valence-electron chi connectivity index (χ0n) is 15.3. The van der Waals surface area contributed by atoms with Crippen molar-refractivity contribution in [3.8, 4) is 11.1 Å². The van der Waals surface area contributed by atoms with Gasteiger partial charge in [-0.1, -0.05) is 42.5 Å². The van der Waals surface area contributed by atoms with Crippen molar-refractivity contribution in [3.05, 3.63) is 108 Å². The SMILES string of the molecule is O=C(c1ccc(-c2ccccc2)cc1)N1Cc2cccn2Cc2ncccc21. The largest absolute Gasteiger partial charge is 0.344 e. The third-order valence-electron chi connectivity index (χ3n) is 5.20. The second-order valence-electron chi connectivity index (χ2n) is 6.93. The van der Waals surface area contributed by atoms with E-state index in [1.165, 1.54) is 0 Å². The Morgan fingerprint density at radius 1 is 0.786 bits per heavy atom. The van der Waals surface area contributed by atoms with Crippen molar-refractivity contribution in [2.24, 2.45) is 0 Å². The van der Waals surface area contributed by atoms with Gasteiger partial charge in [-0.3, -0.25) is 9.78 Å². The van der Waals surface area contributed by atoms with E-state index in [9.17, 15) is 4.79 Å². The molecule has 0 aliphatic carbocycles. The normalized spacial score (nSPS) is 12.8. The third kappa shape index (κ3) is 2.89. The van der Waals surface area contributed by atoms with Crippen LogP contribution in [-0.2, 0) is 13.1 Å². The highest BCUT2D eigenvalue weighted by Crippen LogP contribution is 2.28. The van der Waals surface area contributed by atoms with Crippen LogP contribution >= 0.6 is 0 Å². The Kier molecular flexibility index (Phi) is 4.02. The smallest absolute Gasteiger partial charge is 0.258 e. The number of amides is 1. The molecule has 0 N–H and O–H groups in total. The zero-order valence-corrected chi connectivity index (χ0v) is 15.3. The van der Waals surface area contributed by atoms with Gasteiger partial charge in [-0.15, -0.1) is 0 Å². The Hall–Kier alpha value is -3.66. The number of hydrogen-bond donors (Lipinski definition) is 0. The summed E-state index contributed by atoms with van der Waals surface area (Å²) in [6.07, 6.45) is 3.82. The Labute approximate surface area is 163 Å². The van der Waals surface area contributed by atoms with Crippen LogP contribution in [0.25, 0.3) is 11.1 Å². The molecular weight excluding hydrogens is 346 g/mol. The predicted molar refractivity (Wildman–Crippen MR) is 110 cm³/mol. The molecule has 136 valence electrons. The molecule has 0 atom stereocenters. The van der Waals surface area contributed by atoms with Gasteiger partial charge in [0.25, 0.3) is 5.91 Å². The molecule has 2 aromatic carbocycles. The number of benzene rings is 2. The molecule has 0 saturated carbocycles. The minimum atomic E-state index is -0.0106. The zero-order chi connectivity index (χ0) is 18.9. The highest BCUT2D eigenvalue weighted by molar-refractivity contribution is 6.06. The van der Waals surface area contributed by atoms with E-state index in [1.54, 1.807) is 6.20 Å². The number of hydrogen-bond acceptors (Lipinski definition) is 2. The van der Waals surface area contributed by atoms with E-state index in [1.807, 2.05) is 71.8 Å². The molecule has 2 aromatic heterocycles. The lowest BCUT2D eigenvalue weighted by Gasteiger charge is -2.22. The van der Waals surface area contributed by atoms with E-state index in [-0.39, 0.29) is 5.91 Å². The van der Waals surface area contributed by atoms with Crippen LogP contribution in [0.5, 0.6) is 0 Å². The summed E-state index contributed by atoms with van der Waals surface area (Å²) in [5, 5.41) is 0. The number of nitrogens with zero attached hydrogens (tertiary/aromatic N) is 3. The van der Waals surface area contributed by atoms with Gasteiger partial charge in [0.2, 0.25) is 0 Å². The lowest BCUT2D eigenvalue weighted by atomic mass is 10.0. The van der Waals surface area contributed by atoms with Crippen molar-refractivity contribution in [1.29, 1.82) is 0 Å². The lowest BCUT2D eigenvalue weighted by Crippen LogP contribution is -2.30. The number of fused-ring (bicyclic) bond motifs is 2. The molecule has 3 heterocycles. The quantitative estimate of drug-likeness (QED) is 0.514. The fourth-order valence-electron chi connectivity index (χ4n) is 3.73. The van der Waals surface area contributed by atoms with Crippen LogP contribution in [-0.4, -0.2) is 15.5 Å². The molecule has 4 nitrogen and oxygen atoms in total. The Morgan fingerprint density at radius 2 is 1.57 bits per heavy atom. The maximum Gasteiger partial charge on any atom is 0.258 e. The van der Waals surface area contributed by atoms with Gasteiger partial charge < -0.3 is 9.47 Å². The van der Waals surface area contributed by atoms with Crippen LogP contribution in [0.1, 0.15) is 21.7 Å². The predicted octanol–water partition coefficient (Wildman–Crippen LogP) is 4.76. The second kappa shape index (κ2) is 6.82. The Bertz CT molecular complexity index is 1130. The van der Waals surface area contributed by atoms with Gasteiger partial charge in [0.1, 0.15) is 0 Å². The van der Waals surface area contributed by atoms with Crippen molar-refractivity contribution < 1.29 is 4.79 Å². The van der Waals surface area contributed by atoms with E-state index < -0.39 is 0 Å². The molecule has 0 fully saturated rings. The molecule has 4 aromatic rings. The molecular formula is C24H19N3O. The van der Waals surface area contributed by atoms with Gasteiger partial charge in [0.15, 0.2) is 0 Å². The third-order valence-corrected chi connectivity index (χ3v) is 5.20. The highest BCUT2D eigenvalue weighted by Gasteiger charge is 2.25. The molecule has 0 unspecified atom stereocenters. The molecule has 0 saturated heterocycles. The standard InChI is InChI=1S/C24H19N3O/c28-24(20-12-10-19(11-13-20)18-6-2-1-3-7-18)27-16-21-8-5-15-26(21)17-22-23(27)9-4-14-25-22/h1-15H,16-17H2. The fourth-order valence-corrected chi connectivity index (χ4v) is 3.73. The average Bonchev–Trinajstić information content (AvgIpc) is 3.13. The van der Waals surface area contributed by atoms with Gasteiger partial charge in [0, 0.05) is 23.7 Å². The van der Waals surface area contributed by atoms with Gasteiger partial charge >= 0.3 is 0 Å². The van der Waals surface area contributed by atoms with Crippen molar-refractivity contribution >= 4 is 11.6 Å². The maximum absolute atomic E-state index is 13.4. The molecule has 1 aliphatic rings. The molecule has 5 rings (SSSR count). The van der Waals surface area contributed by atoms with Crippen molar-refractivity contribution in [3.63, 3.8) is 0 Å². The summed E-state index contributed by atoms with van der Waals surface area (Å²) in [4.78, 5) is 19.7. The van der Waals surface area contributed by atoms with Gasteiger partial charge in [-0.05, 0) is 47.5 Å². The van der Waals surface area contributed by atoms with Crippen LogP contribution in [0, 0.1) is 0 Å². The van der Waals surface area contributed by atoms with Crippen molar-refractivity contribution in [2.45, 2.75) is 13.1 Å². The van der Waals surface area contributed by atoms with Gasteiger partial charge in [-0.25, -0.2) is 0 Å². The van der Waals surface area contributed by atoms with E-state index in [4.69, 9.17) is 0 Å². The van der Waals surface area contributed by atoms with Crippen LogP contribution in [0.15, 0.2) is 91.3 Å². The number of aromatic nitrogens is 2. The monoisotopic (exact) mass is 365 g/mol. The summed E-state index contributed by atoms with van der Waals surface area (Å²) < 4.78 is 2.15. The summed E-state index contributed by atoms with van der Waals surface area (Å²) in [6, 6.07) is 25.9. The average molecular weight is 365 g/mol. The summed E-state index contributed by atoms with van der Waals surface area (Å²) in [5.41, 5.74) is 5.81. The number of pyridine rings is 1. The van der Waals surface area contributed by atoms with Crippen LogP contribution in [0.3, 0.4) is 0 Å². The molecule has 4 heteroatoms. The molecule has 1 aliphatic heterocycles. The van der Waals surface area contributed by atoms with Crippen molar-refractivity contribution in [1.82, 2.24) is 9.55 Å². The number of carbonyl (C=O) groups is 1. The van der Waals surface area contributed by atoms with E-state index >= 15 is 0 Å². The molecule has 1 amide bonds. The first kappa shape index (κ1) is 16.5. The number of rotatable bonds is 2. The minimum Gasteiger partial charge on any atom is -0.344 e. The van der Waals surface area contributed by atoms with E-state index in [0.717, 1.165) is 28.2 Å². The Morgan fingerprint density at radius 3 is 2.39 bits per heavy atom. The second-order valence-corrected chi connectivity index (χ2v) is 6.93. The Balaban J connectivity index is 1.51. The first-order valence-corrected chi connectivity index (χ1v) is 9.35. The number of anilines is 1. The van der Waals surface area contributed by atoms with E-state index in [0.29, 0.717) is 18.7 Å². The molecule has 28 heavy (non-hydrogen) atoms. The minimum absolute atomic E-state index is 0.0106. The number of carbonyl (C=O) groups excluding carboxylic acids is 1. The van der Waals surface area contributed by atoms with Gasteiger partial charge in [0.05, 0.1) is 24.5 Å². The fraction of sp³-hybridized carbons (Fsp3) is 0.0833. The first-order chi connectivity index (χ1) is 13.8. The molecule has 0 spiro atoms. The summed E-state index contributed by atoms with van der Waals surface area (Å²) in [5.74, 6) is -0.0106. The van der Waals surface area contributed by atoms with Gasteiger partial charge in [-0.2, -0.15) is 0 Å². The van der Waals surface area contributed by atoms with Crippen LogP contribution in [0.4, 0.5) is 5.69 Å². The van der Waals surface area contributed by atoms with Crippen LogP contribution < -0.4 is 4.90 Å². The maximum atomic E-state index is 13.4. The van der Waals surface area contributed by atoms with E-state index in [2.05, 4.69) is 27.8 Å². The van der Waals surface area contributed by atoms with Crippen molar-refractivity contribution in [2.75, 3.05) is 4.90 Å². The lowest BCUT2D eigenvalue weighted by molar-refractivity contribution is 0.0985. The molecule has 0 radical (unpaired) electrons. The summed E-state index contributed by atoms with van der Waals surface area (Å²) in [7, 11) is 0. The van der Waals surface area contributed by atoms with Crippen LogP contribution in [0.2, 0.25) is 0 Å². The first-order valence-electron chi connectivity index (χ1n) is 9.35. The highest BCUT2D eigenvalue weighted by atomic mass is 16.2.